The fourth-order valence-electron chi connectivity index (χ4n) is 3.73. The summed E-state index contributed by atoms with van der Waals surface area (Å²) in [5.41, 5.74) is -2.70. The molecule has 1 heterocycles. The van der Waals surface area contributed by atoms with Crippen LogP contribution in [0.1, 0.15) is 16.8 Å². The number of hydrogen-bond donors (Lipinski definition) is 3. The predicted octanol–water partition coefficient (Wildman–Crippen LogP) is 5.00. The standard InChI is InChI=1S/C25H19ClF8N2O4/c26-15-6-7-18(35-12-15)23(11-13-4-2-1-3-5-13,36-21(39)19(37)20(38)24(30,31)32)14-8-16(27)10-17(9-14)40-25(33,34)22(28)29/h1-10,12,19-20,22,37-38H,11H2,(H,36,39)/t19?,20?,23-/m0/s1. The van der Waals surface area contributed by atoms with Gasteiger partial charge in [0.1, 0.15) is 17.1 Å². The SMILES string of the molecule is O=C(N[C@@](Cc1ccccc1)(c1cc(F)cc(OC(F)(F)C(F)F)c1)c1ccc(Cl)cn1)C(O)C(O)C(F)(F)F. The molecule has 3 atom stereocenters. The van der Waals surface area contributed by atoms with Gasteiger partial charge in [0, 0.05) is 18.7 Å². The van der Waals surface area contributed by atoms with Crippen molar-refractivity contribution in [1.82, 2.24) is 10.3 Å². The van der Waals surface area contributed by atoms with Crippen molar-refractivity contribution in [1.29, 1.82) is 0 Å². The zero-order valence-corrected chi connectivity index (χ0v) is 20.6. The Labute approximate surface area is 226 Å². The molecule has 0 saturated carbocycles. The summed E-state index contributed by atoms with van der Waals surface area (Å²) in [6.07, 6.45) is -20.9. The molecule has 3 N–H and O–H groups in total. The maximum Gasteiger partial charge on any atom is 0.461 e. The number of rotatable bonds is 10. The zero-order valence-electron chi connectivity index (χ0n) is 19.8. The van der Waals surface area contributed by atoms with Crippen LogP contribution in [0.2, 0.25) is 5.02 Å². The Kier molecular flexibility index (Phi) is 9.27. The van der Waals surface area contributed by atoms with Gasteiger partial charge in [-0.3, -0.25) is 9.78 Å². The van der Waals surface area contributed by atoms with Crippen LogP contribution in [-0.2, 0) is 16.8 Å². The largest absolute Gasteiger partial charge is 0.461 e. The van der Waals surface area contributed by atoms with Crippen LogP contribution in [0.5, 0.6) is 5.75 Å². The lowest BCUT2D eigenvalue weighted by atomic mass is 9.80. The number of halogens is 9. The highest BCUT2D eigenvalue weighted by atomic mass is 35.5. The highest BCUT2D eigenvalue weighted by molar-refractivity contribution is 6.30. The number of hydrogen-bond acceptors (Lipinski definition) is 5. The number of amides is 1. The first-order valence-electron chi connectivity index (χ1n) is 11.1. The second-order valence-corrected chi connectivity index (χ2v) is 8.93. The molecule has 0 radical (unpaired) electrons. The van der Waals surface area contributed by atoms with E-state index in [0.29, 0.717) is 23.8 Å². The Balaban J connectivity index is 2.27. The molecule has 1 aromatic heterocycles. The molecule has 0 spiro atoms. The van der Waals surface area contributed by atoms with Crippen molar-refractivity contribution in [2.75, 3.05) is 0 Å². The zero-order chi connectivity index (χ0) is 29.9. The lowest BCUT2D eigenvalue weighted by molar-refractivity contribution is -0.253. The van der Waals surface area contributed by atoms with Gasteiger partial charge in [0.25, 0.3) is 5.91 Å². The summed E-state index contributed by atoms with van der Waals surface area (Å²) < 4.78 is 111. The van der Waals surface area contributed by atoms with E-state index in [9.17, 15) is 50.1 Å². The number of nitrogens with zero attached hydrogens (tertiary/aromatic N) is 1. The molecule has 0 bridgehead atoms. The number of benzene rings is 2. The molecule has 0 saturated heterocycles. The lowest BCUT2D eigenvalue weighted by Gasteiger charge is -2.37. The summed E-state index contributed by atoms with van der Waals surface area (Å²) >= 11 is 5.89. The molecule has 1 amide bonds. The van der Waals surface area contributed by atoms with Gasteiger partial charge in [0.15, 0.2) is 12.2 Å². The van der Waals surface area contributed by atoms with Gasteiger partial charge in [-0.1, -0.05) is 41.9 Å². The molecule has 2 unspecified atom stereocenters. The Hall–Kier alpha value is -3.49. The first-order valence-corrected chi connectivity index (χ1v) is 11.5. The minimum absolute atomic E-state index is 0.0519. The van der Waals surface area contributed by atoms with Gasteiger partial charge >= 0.3 is 18.7 Å². The maximum atomic E-state index is 14.7. The van der Waals surface area contributed by atoms with Crippen LogP contribution < -0.4 is 10.1 Å². The van der Waals surface area contributed by atoms with Crippen LogP contribution in [0.3, 0.4) is 0 Å². The minimum Gasteiger partial charge on any atom is -0.428 e. The average molecular weight is 599 g/mol. The fourth-order valence-corrected chi connectivity index (χ4v) is 3.84. The van der Waals surface area contributed by atoms with Crippen LogP contribution in [0.15, 0.2) is 66.9 Å². The van der Waals surface area contributed by atoms with Crippen molar-refractivity contribution in [2.24, 2.45) is 0 Å². The number of aliphatic hydroxyl groups is 2. The van der Waals surface area contributed by atoms with Crippen LogP contribution in [0.4, 0.5) is 35.1 Å². The Bertz CT molecular complexity index is 1310. The molecule has 0 fully saturated rings. The molecule has 216 valence electrons. The van der Waals surface area contributed by atoms with Gasteiger partial charge in [-0.25, -0.2) is 4.39 Å². The fraction of sp³-hybridized carbons (Fsp3) is 0.280. The van der Waals surface area contributed by atoms with Crippen LogP contribution in [0, 0.1) is 5.82 Å². The van der Waals surface area contributed by atoms with Crippen LogP contribution in [-0.4, -0.2) is 52.0 Å². The van der Waals surface area contributed by atoms with Crippen molar-refractivity contribution < 1.29 is 54.9 Å². The number of ether oxygens (including phenoxy) is 1. The van der Waals surface area contributed by atoms with Gasteiger partial charge in [0.2, 0.25) is 0 Å². The number of carbonyl (C=O) groups excluding carboxylic acids is 1. The van der Waals surface area contributed by atoms with E-state index < -0.39 is 65.9 Å². The molecule has 0 aliphatic rings. The summed E-state index contributed by atoms with van der Waals surface area (Å²) in [5, 5.41) is 21.6. The van der Waals surface area contributed by atoms with E-state index in [2.05, 4.69) is 15.0 Å². The van der Waals surface area contributed by atoms with Crippen molar-refractivity contribution in [3.63, 3.8) is 0 Å². The van der Waals surface area contributed by atoms with E-state index in [1.54, 1.807) is 6.07 Å². The maximum absolute atomic E-state index is 14.7. The molecule has 2 aromatic carbocycles. The molecular weight excluding hydrogens is 580 g/mol. The van der Waals surface area contributed by atoms with Crippen molar-refractivity contribution in [3.05, 3.63) is 94.5 Å². The predicted molar refractivity (Wildman–Crippen MR) is 124 cm³/mol. The lowest BCUT2D eigenvalue weighted by Crippen LogP contribution is -2.56. The van der Waals surface area contributed by atoms with Crippen LogP contribution >= 0.6 is 11.6 Å². The first-order chi connectivity index (χ1) is 18.5. The second kappa shape index (κ2) is 11.9. The van der Waals surface area contributed by atoms with E-state index in [1.165, 1.54) is 30.3 Å². The molecule has 6 nitrogen and oxygen atoms in total. The number of pyridine rings is 1. The number of aromatic nitrogens is 1. The molecule has 15 heteroatoms. The smallest absolute Gasteiger partial charge is 0.428 e. The molecule has 40 heavy (non-hydrogen) atoms. The third-order valence-electron chi connectivity index (χ3n) is 5.59. The normalized spacial score (nSPS) is 15.3. The molecule has 3 aromatic rings. The van der Waals surface area contributed by atoms with Gasteiger partial charge in [-0.2, -0.15) is 30.7 Å². The quantitative estimate of drug-likeness (QED) is 0.286. The highest BCUT2D eigenvalue weighted by Gasteiger charge is 2.49. The molecule has 0 aliphatic carbocycles. The third kappa shape index (κ3) is 7.17. The summed E-state index contributed by atoms with van der Waals surface area (Å²) in [6.45, 7) is 0. The highest BCUT2D eigenvalue weighted by Crippen LogP contribution is 2.37. The monoisotopic (exact) mass is 598 g/mol. The Morgan fingerprint density at radius 2 is 1.65 bits per heavy atom. The third-order valence-corrected chi connectivity index (χ3v) is 5.81. The van der Waals surface area contributed by atoms with E-state index in [4.69, 9.17) is 11.6 Å². The van der Waals surface area contributed by atoms with E-state index in [-0.39, 0.29) is 10.7 Å². The van der Waals surface area contributed by atoms with Crippen LogP contribution in [0.25, 0.3) is 0 Å². The van der Waals surface area contributed by atoms with Crippen molar-refractivity contribution >= 4 is 17.5 Å². The minimum atomic E-state index is -5.43. The van der Waals surface area contributed by atoms with Gasteiger partial charge in [-0.15, -0.1) is 0 Å². The van der Waals surface area contributed by atoms with E-state index in [0.717, 1.165) is 12.3 Å². The summed E-state index contributed by atoms with van der Waals surface area (Å²) in [6, 6.07) is 11.7. The van der Waals surface area contributed by atoms with Gasteiger partial charge in [-0.05, 0) is 35.4 Å². The number of carbonyl (C=O) groups is 1. The van der Waals surface area contributed by atoms with E-state index >= 15 is 0 Å². The topological polar surface area (TPSA) is 91.7 Å². The summed E-state index contributed by atoms with van der Waals surface area (Å²) in [4.78, 5) is 17.0. The molecular formula is C25H19ClF8N2O4. The first kappa shape index (κ1) is 31.0. The summed E-state index contributed by atoms with van der Waals surface area (Å²) in [7, 11) is 0. The second-order valence-electron chi connectivity index (χ2n) is 8.49. The molecule has 0 aliphatic heterocycles. The van der Waals surface area contributed by atoms with Gasteiger partial charge in [0.05, 0.1) is 10.7 Å². The Morgan fingerprint density at radius 3 is 2.20 bits per heavy atom. The van der Waals surface area contributed by atoms with Crippen molar-refractivity contribution in [2.45, 2.75) is 42.9 Å². The number of nitrogens with one attached hydrogen (secondary N) is 1. The average Bonchev–Trinajstić information content (AvgIpc) is 2.87. The Morgan fingerprint density at radius 1 is 1.00 bits per heavy atom. The van der Waals surface area contributed by atoms with Gasteiger partial charge < -0.3 is 20.3 Å². The number of alkyl halides is 7. The summed E-state index contributed by atoms with van der Waals surface area (Å²) in [5.74, 6) is -4.27. The number of aliphatic hydroxyl groups excluding tert-OH is 2. The molecule has 3 rings (SSSR count). The van der Waals surface area contributed by atoms with Crippen molar-refractivity contribution in [3.8, 4) is 5.75 Å². The van der Waals surface area contributed by atoms with E-state index in [1.807, 2.05) is 0 Å².